The average molecular weight is 285 g/mol. The van der Waals surface area contributed by atoms with Crippen LogP contribution >= 0.6 is 0 Å². The highest BCUT2D eigenvalue weighted by Gasteiger charge is 2.12. The minimum atomic E-state index is -0.0774. The maximum Gasteiger partial charge on any atom is 0.124 e. The average Bonchev–Trinajstić information content (AvgIpc) is 2.50. The van der Waals surface area contributed by atoms with E-state index < -0.39 is 0 Å². The summed E-state index contributed by atoms with van der Waals surface area (Å²) >= 11 is 0. The molecule has 112 valence electrons. The Morgan fingerprint density at radius 1 is 1.00 bits per heavy atom. The zero-order chi connectivity index (χ0) is 15.1. The monoisotopic (exact) mass is 285 g/mol. The molecule has 0 fully saturated rings. The molecule has 0 aliphatic carbocycles. The van der Waals surface area contributed by atoms with Gasteiger partial charge in [0.15, 0.2) is 0 Å². The maximum absolute atomic E-state index is 6.36. The standard InChI is InChI=1S/C18H23NO2/c1-14-7-9-15(10-8-14)13-17(19)16-5-3-4-6-18(16)21-12-11-20-2/h3-10,17H,11-13,19H2,1-2H3. The fourth-order valence-electron chi connectivity index (χ4n) is 2.24. The van der Waals surface area contributed by atoms with Crippen LogP contribution in [0.4, 0.5) is 0 Å². The van der Waals surface area contributed by atoms with Crippen LogP contribution in [-0.4, -0.2) is 20.3 Å². The molecule has 2 N–H and O–H groups in total. The molecular formula is C18H23NO2. The molecule has 0 saturated heterocycles. The van der Waals surface area contributed by atoms with Crippen molar-refractivity contribution in [3.05, 3.63) is 65.2 Å². The van der Waals surface area contributed by atoms with E-state index in [0.717, 1.165) is 17.7 Å². The number of para-hydroxylation sites is 1. The van der Waals surface area contributed by atoms with Gasteiger partial charge in [-0.3, -0.25) is 0 Å². The predicted molar refractivity (Wildman–Crippen MR) is 85.6 cm³/mol. The Morgan fingerprint density at radius 3 is 2.43 bits per heavy atom. The number of ether oxygens (including phenoxy) is 2. The second kappa shape index (κ2) is 7.81. The molecule has 0 radical (unpaired) electrons. The molecule has 0 aromatic heterocycles. The van der Waals surface area contributed by atoms with Crippen molar-refractivity contribution in [2.75, 3.05) is 20.3 Å². The Labute approximate surface area is 126 Å². The summed E-state index contributed by atoms with van der Waals surface area (Å²) in [7, 11) is 1.67. The van der Waals surface area contributed by atoms with E-state index >= 15 is 0 Å². The number of benzene rings is 2. The third-order valence-electron chi connectivity index (χ3n) is 3.44. The first-order valence-corrected chi connectivity index (χ1v) is 7.22. The first-order valence-electron chi connectivity index (χ1n) is 7.22. The van der Waals surface area contributed by atoms with Crippen molar-refractivity contribution in [3.63, 3.8) is 0 Å². The summed E-state index contributed by atoms with van der Waals surface area (Å²) in [4.78, 5) is 0. The SMILES string of the molecule is COCCOc1ccccc1C(N)Cc1ccc(C)cc1. The fraction of sp³-hybridized carbons (Fsp3) is 0.333. The maximum atomic E-state index is 6.36. The van der Waals surface area contributed by atoms with E-state index in [4.69, 9.17) is 15.2 Å². The summed E-state index contributed by atoms with van der Waals surface area (Å²) in [6.07, 6.45) is 0.797. The highest BCUT2D eigenvalue weighted by molar-refractivity contribution is 5.37. The van der Waals surface area contributed by atoms with Crippen molar-refractivity contribution in [1.82, 2.24) is 0 Å². The van der Waals surface area contributed by atoms with E-state index in [1.165, 1.54) is 11.1 Å². The molecule has 0 amide bonds. The van der Waals surface area contributed by atoms with Gasteiger partial charge >= 0.3 is 0 Å². The van der Waals surface area contributed by atoms with Crippen LogP contribution in [0.5, 0.6) is 5.75 Å². The largest absolute Gasteiger partial charge is 0.491 e. The summed E-state index contributed by atoms with van der Waals surface area (Å²) in [6, 6.07) is 16.4. The van der Waals surface area contributed by atoms with E-state index in [1.807, 2.05) is 24.3 Å². The summed E-state index contributed by atoms with van der Waals surface area (Å²) in [6.45, 7) is 3.19. The third-order valence-corrected chi connectivity index (χ3v) is 3.44. The molecule has 0 aliphatic rings. The molecule has 2 aromatic rings. The molecule has 3 heteroatoms. The second-order valence-corrected chi connectivity index (χ2v) is 5.18. The first kappa shape index (κ1) is 15.5. The number of hydrogen-bond acceptors (Lipinski definition) is 3. The lowest BCUT2D eigenvalue weighted by Crippen LogP contribution is -2.15. The molecule has 2 rings (SSSR count). The Kier molecular flexibility index (Phi) is 5.78. The third kappa shape index (κ3) is 4.59. The minimum absolute atomic E-state index is 0.0774. The van der Waals surface area contributed by atoms with Crippen LogP contribution in [0.1, 0.15) is 22.7 Å². The predicted octanol–water partition coefficient (Wildman–Crippen LogP) is 3.26. The van der Waals surface area contributed by atoms with Gasteiger partial charge in [-0.2, -0.15) is 0 Å². The number of nitrogens with two attached hydrogens (primary N) is 1. The molecule has 0 saturated carbocycles. The summed E-state index contributed by atoms with van der Waals surface area (Å²) in [5, 5.41) is 0. The Hall–Kier alpha value is -1.84. The van der Waals surface area contributed by atoms with Gasteiger partial charge < -0.3 is 15.2 Å². The van der Waals surface area contributed by atoms with Gasteiger partial charge in [0.2, 0.25) is 0 Å². The summed E-state index contributed by atoms with van der Waals surface area (Å²) < 4.78 is 10.8. The molecule has 3 nitrogen and oxygen atoms in total. The van der Waals surface area contributed by atoms with Crippen LogP contribution in [0, 0.1) is 6.92 Å². The topological polar surface area (TPSA) is 44.5 Å². The summed E-state index contributed by atoms with van der Waals surface area (Å²) in [5.74, 6) is 0.842. The fourth-order valence-corrected chi connectivity index (χ4v) is 2.24. The highest BCUT2D eigenvalue weighted by Crippen LogP contribution is 2.26. The molecule has 2 aromatic carbocycles. The van der Waals surface area contributed by atoms with Crippen molar-refractivity contribution in [2.45, 2.75) is 19.4 Å². The zero-order valence-electron chi connectivity index (χ0n) is 12.7. The van der Waals surface area contributed by atoms with Gasteiger partial charge in [-0.05, 0) is 25.0 Å². The van der Waals surface area contributed by atoms with Crippen molar-refractivity contribution in [2.24, 2.45) is 5.73 Å². The number of methoxy groups -OCH3 is 1. The first-order chi connectivity index (χ1) is 10.2. The second-order valence-electron chi connectivity index (χ2n) is 5.18. The number of hydrogen-bond donors (Lipinski definition) is 1. The number of rotatable bonds is 7. The van der Waals surface area contributed by atoms with E-state index in [-0.39, 0.29) is 6.04 Å². The number of aryl methyl sites for hydroxylation is 1. The Balaban J connectivity index is 2.07. The molecule has 0 bridgehead atoms. The highest BCUT2D eigenvalue weighted by atomic mass is 16.5. The van der Waals surface area contributed by atoms with Crippen LogP contribution in [0.3, 0.4) is 0 Å². The van der Waals surface area contributed by atoms with Crippen molar-refractivity contribution in [3.8, 4) is 5.75 Å². The van der Waals surface area contributed by atoms with Gasteiger partial charge in [0, 0.05) is 18.7 Å². The van der Waals surface area contributed by atoms with Gasteiger partial charge in [-0.25, -0.2) is 0 Å². The van der Waals surface area contributed by atoms with Crippen molar-refractivity contribution >= 4 is 0 Å². The smallest absolute Gasteiger partial charge is 0.124 e. The van der Waals surface area contributed by atoms with E-state index in [9.17, 15) is 0 Å². The summed E-state index contributed by atoms with van der Waals surface area (Å²) in [5.41, 5.74) is 9.89. The zero-order valence-corrected chi connectivity index (χ0v) is 12.7. The van der Waals surface area contributed by atoms with Gasteiger partial charge in [0.1, 0.15) is 12.4 Å². The molecule has 21 heavy (non-hydrogen) atoms. The van der Waals surface area contributed by atoms with Crippen LogP contribution in [0.2, 0.25) is 0 Å². The van der Waals surface area contributed by atoms with Gasteiger partial charge in [-0.1, -0.05) is 48.0 Å². The molecule has 1 atom stereocenters. The van der Waals surface area contributed by atoms with Crippen LogP contribution in [0.15, 0.2) is 48.5 Å². The molecular weight excluding hydrogens is 262 g/mol. The minimum Gasteiger partial charge on any atom is -0.491 e. The van der Waals surface area contributed by atoms with Crippen LogP contribution < -0.4 is 10.5 Å². The normalized spacial score (nSPS) is 12.1. The molecule has 0 spiro atoms. The lowest BCUT2D eigenvalue weighted by molar-refractivity contribution is 0.145. The van der Waals surface area contributed by atoms with Crippen molar-refractivity contribution < 1.29 is 9.47 Å². The van der Waals surface area contributed by atoms with Gasteiger partial charge in [-0.15, -0.1) is 0 Å². The van der Waals surface area contributed by atoms with Crippen LogP contribution in [-0.2, 0) is 11.2 Å². The Morgan fingerprint density at radius 2 is 1.71 bits per heavy atom. The van der Waals surface area contributed by atoms with E-state index in [0.29, 0.717) is 13.2 Å². The van der Waals surface area contributed by atoms with Crippen LogP contribution in [0.25, 0.3) is 0 Å². The lowest BCUT2D eigenvalue weighted by atomic mass is 9.98. The quantitative estimate of drug-likeness (QED) is 0.794. The van der Waals surface area contributed by atoms with E-state index in [2.05, 4.69) is 31.2 Å². The molecule has 0 heterocycles. The van der Waals surface area contributed by atoms with E-state index in [1.54, 1.807) is 7.11 Å². The Bertz CT molecular complexity index is 551. The van der Waals surface area contributed by atoms with Gasteiger partial charge in [0.05, 0.1) is 6.61 Å². The lowest BCUT2D eigenvalue weighted by Gasteiger charge is -2.17. The molecule has 1 unspecified atom stereocenters. The van der Waals surface area contributed by atoms with Crippen molar-refractivity contribution in [1.29, 1.82) is 0 Å². The van der Waals surface area contributed by atoms with Gasteiger partial charge in [0.25, 0.3) is 0 Å². The molecule has 0 aliphatic heterocycles.